The minimum Gasteiger partial charge on any atom is -0.497 e. The number of hydrogen-bond acceptors (Lipinski definition) is 7. The summed E-state index contributed by atoms with van der Waals surface area (Å²) in [6.45, 7) is 1.80. The third-order valence-corrected chi connectivity index (χ3v) is 4.33. The fourth-order valence-corrected chi connectivity index (χ4v) is 2.75. The molecule has 0 saturated carbocycles. The highest BCUT2D eigenvalue weighted by Gasteiger charge is 2.19. The normalized spacial score (nSPS) is 10.6. The van der Waals surface area contributed by atoms with Crippen molar-refractivity contribution >= 4 is 29.3 Å². The Labute approximate surface area is 184 Å². The predicted molar refractivity (Wildman–Crippen MR) is 121 cm³/mol. The van der Waals surface area contributed by atoms with Crippen LogP contribution in [0.4, 0.5) is 11.4 Å². The lowest BCUT2D eigenvalue weighted by molar-refractivity contribution is 0.0522. The summed E-state index contributed by atoms with van der Waals surface area (Å²) in [6, 6.07) is 16.8. The zero-order chi connectivity index (χ0) is 22.9. The van der Waals surface area contributed by atoms with E-state index >= 15 is 0 Å². The van der Waals surface area contributed by atoms with E-state index < -0.39 is 17.5 Å². The Bertz CT molecular complexity index is 1170. The standard InChI is InChI=1S/C24H22N2O6/c1-3-31-23(28)19-15-20(26-22(27)16-7-5-4-6-8-16)24(29)32-21(19)13-14-25-17-9-11-18(30-2)12-10-17/h4-15,25H,3H2,1-2H3,(H,26,27)/b14-13+. The fourth-order valence-electron chi connectivity index (χ4n) is 2.75. The molecule has 0 bridgehead atoms. The second kappa shape index (κ2) is 10.6. The van der Waals surface area contributed by atoms with Crippen molar-refractivity contribution in [2.75, 3.05) is 24.4 Å². The van der Waals surface area contributed by atoms with Gasteiger partial charge in [0.1, 0.15) is 22.8 Å². The van der Waals surface area contributed by atoms with Gasteiger partial charge in [-0.25, -0.2) is 9.59 Å². The average Bonchev–Trinajstić information content (AvgIpc) is 2.81. The highest BCUT2D eigenvalue weighted by Crippen LogP contribution is 2.18. The van der Waals surface area contributed by atoms with Gasteiger partial charge >= 0.3 is 11.6 Å². The van der Waals surface area contributed by atoms with Gasteiger partial charge in [0.15, 0.2) is 0 Å². The molecule has 0 spiro atoms. The number of rotatable bonds is 8. The van der Waals surface area contributed by atoms with Gasteiger partial charge in [-0.05, 0) is 55.5 Å². The van der Waals surface area contributed by atoms with E-state index in [0.29, 0.717) is 11.3 Å². The summed E-state index contributed by atoms with van der Waals surface area (Å²) in [5, 5.41) is 5.49. The summed E-state index contributed by atoms with van der Waals surface area (Å²) in [6.07, 6.45) is 2.95. The van der Waals surface area contributed by atoms with Crippen LogP contribution >= 0.6 is 0 Å². The maximum Gasteiger partial charge on any atom is 0.360 e. The molecule has 0 unspecified atom stereocenters. The second-order valence-corrected chi connectivity index (χ2v) is 6.47. The predicted octanol–water partition coefficient (Wildman–Crippen LogP) is 4.16. The minimum absolute atomic E-state index is 0.00240. The van der Waals surface area contributed by atoms with E-state index in [1.54, 1.807) is 68.6 Å². The fraction of sp³-hybridized carbons (Fsp3) is 0.125. The van der Waals surface area contributed by atoms with Crippen molar-refractivity contribution in [2.45, 2.75) is 6.92 Å². The number of anilines is 2. The molecule has 1 heterocycles. The monoisotopic (exact) mass is 434 g/mol. The highest BCUT2D eigenvalue weighted by molar-refractivity contribution is 6.04. The van der Waals surface area contributed by atoms with Crippen LogP contribution in [0.25, 0.3) is 6.08 Å². The average molecular weight is 434 g/mol. The minimum atomic E-state index is -0.800. The number of carbonyl (C=O) groups is 2. The van der Waals surface area contributed by atoms with Crippen molar-refractivity contribution in [3.8, 4) is 5.75 Å². The maximum absolute atomic E-state index is 12.4. The van der Waals surface area contributed by atoms with Gasteiger partial charge < -0.3 is 24.5 Å². The molecule has 3 rings (SSSR count). The van der Waals surface area contributed by atoms with Crippen LogP contribution in [0, 0.1) is 0 Å². The van der Waals surface area contributed by atoms with Gasteiger partial charge in [-0.3, -0.25) is 4.79 Å². The van der Waals surface area contributed by atoms with Crippen molar-refractivity contribution < 1.29 is 23.5 Å². The van der Waals surface area contributed by atoms with Crippen LogP contribution < -0.4 is 21.0 Å². The summed E-state index contributed by atoms with van der Waals surface area (Å²) in [5.74, 6) is -0.483. The molecular weight excluding hydrogens is 412 g/mol. The van der Waals surface area contributed by atoms with Crippen LogP contribution in [-0.2, 0) is 4.74 Å². The van der Waals surface area contributed by atoms with Crippen molar-refractivity contribution in [3.63, 3.8) is 0 Å². The lowest BCUT2D eigenvalue weighted by Crippen LogP contribution is -2.20. The molecule has 3 aromatic rings. The van der Waals surface area contributed by atoms with E-state index in [0.717, 1.165) is 5.69 Å². The summed E-state index contributed by atoms with van der Waals surface area (Å²) >= 11 is 0. The molecule has 0 aliphatic heterocycles. The third kappa shape index (κ3) is 5.63. The lowest BCUT2D eigenvalue weighted by Gasteiger charge is -2.09. The zero-order valence-corrected chi connectivity index (χ0v) is 17.6. The third-order valence-electron chi connectivity index (χ3n) is 4.33. The molecule has 1 amide bonds. The van der Waals surface area contributed by atoms with Gasteiger partial charge in [0.05, 0.1) is 13.7 Å². The smallest absolute Gasteiger partial charge is 0.360 e. The SMILES string of the molecule is CCOC(=O)c1cc(NC(=O)c2ccccc2)c(=O)oc1/C=C/Nc1ccc(OC)cc1. The van der Waals surface area contributed by atoms with E-state index in [9.17, 15) is 14.4 Å². The Hall–Kier alpha value is -4.33. The first-order valence-corrected chi connectivity index (χ1v) is 9.80. The van der Waals surface area contributed by atoms with Gasteiger partial charge in [0, 0.05) is 17.5 Å². The molecular formula is C24H22N2O6. The molecule has 2 N–H and O–H groups in total. The van der Waals surface area contributed by atoms with Crippen LogP contribution in [0.5, 0.6) is 5.75 Å². The number of nitrogens with one attached hydrogen (secondary N) is 2. The molecule has 32 heavy (non-hydrogen) atoms. The number of carbonyl (C=O) groups excluding carboxylic acids is 2. The Morgan fingerprint density at radius 1 is 1.06 bits per heavy atom. The maximum atomic E-state index is 12.4. The largest absolute Gasteiger partial charge is 0.497 e. The first-order chi connectivity index (χ1) is 15.5. The highest BCUT2D eigenvalue weighted by atomic mass is 16.5. The number of ether oxygens (including phenoxy) is 2. The van der Waals surface area contributed by atoms with E-state index in [4.69, 9.17) is 13.9 Å². The van der Waals surface area contributed by atoms with Crippen LogP contribution in [0.3, 0.4) is 0 Å². The van der Waals surface area contributed by atoms with Gasteiger partial charge in [-0.2, -0.15) is 0 Å². The topological polar surface area (TPSA) is 107 Å². The van der Waals surface area contributed by atoms with Crippen LogP contribution in [0.1, 0.15) is 33.4 Å². The molecule has 164 valence electrons. The summed E-state index contributed by atoms with van der Waals surface area (Å²) in [4.78, 5) is 37.3. The van der Waals surface area contributed by atoms with Crippen LogP contribution in [0.2, 0.25) is 0 Å². The molecule has 0 radical (unpaired) electrons. The molecule has 0 saturated heterocycles. The molecule has 2 aromatic carbocycles. The van der Waals surface area contributed by atoms with Crippen molar-refractivity contribution in [1.29, 1.82) is 0 Å². The van der Waals surface area contributed by atoms with Crippen molar-refractivity contribution in [2.24, 2.45) is 0 Å². The number of hydrogen-bond donors (Lipinski definition) is 2. The van der Waals surface area contributed by atoms with Crippen molar-refractivity contribution in [3.05, 3.63) is 94.2 Å². The Morgan fingerprint density at radius 2 is 1.78 bits per heavy atom. The molecule has 0 fully saturated rings. The number of methoxy groups -OCH3 is 1. The molecule has 8 heteroatoms. The zero-order valence-electron chi connectivity index (χ0n) is 17.6. The van der Waals surface area contributed by atoms with E-state index in [2.05, 4.69) is 10.6 Å². The lowest BCUT2D eigenvalue weighted by atomic mass is 10.1. The summed E-state index contributed by atoms with van der Waals surface area (Å²) < 4.78 is 15.5. The van der Waals surface area contributed by atoms with E-state index in [1.165, 1.54) is 18.3 Å². The molecule has 1 aromatic heterocycles. The Kier molecular flexibility index (Phi) is 7.42. The first-order valence-electron chi connectivity index (χ1n) is 9.80. The Morgan fingerprint density at radius 3 is 2.44 bits per heavy atom. The van der Waals surface area contributed by atoms with Gasteiger partial charge in [-0.15, -0.1) is 0 Å². The summed E-state index contributed by atoms with van der Waals surface area (Å²) in [7, 11) is 1.58. The number of benzene rings is 2. The van der Waals surface area contributed by atoms with Gasteiger partial charge in [0.25, 0.3) is 5.91 Å². The van der Waals surface area contributed by atoms with E-state index in [1.807, 2.05) is 0 Å². The van der Waals surface area contributed by atoms with Gasteiger partial charge in [0.2, 0.25) is 0 Å². The van der Waals surface area contributed by atoms with Crippen molar-refractivity contribution in [1.82, 2.24) is 0 Å². The molecule has 0 aliphatic rings. The summed E-state index contributed by atoms with van der Waals surface area (Å²) in [5.41, 5.74) is 0.155. The Balaban J connectivity index is 1.86. The second-order valence-electron chi connectivity index (χ2n) is 6.47. The van der Waals surface area contributed by atoms with Gasteiger partial charge in [-0.1, -0.05) is 18.2 Å². The van der Waals surface area contributed by atoms with Crippen LogP contribution in [0.15, 0.2) is 76.1 Å². The first kappa shape index (κ1) is 22.4. The molecule has 8 nitrogen and oxygen atoms in total. The molecule has 0 atom stereocenters. The van der Waals surface area contributed by atoms with E-state index in [-0.39, 0.29) is 23.6 Å². The molecule has 0 aliphatic carbocycles. The number of esters is 1. The number of amides is 1. The quantitative estimate of drug-likeness (QED) is 0.513. The van der Waals surface area contributed by atoms with Crippen LogP contribution in [-0.4, -0.2) is 25.6 Å².